The molecule has 0 bridgehead atoms. The van der Waals surface area contributed by atoms with Crippen molar-refractivity contribution in [2.24, 2.45) is 0 Å². The molecule has 0 unspecified atom stereocenters. The molecular formula is C45H45N3O7. The van der Waals surface area contributed by atoms with Gasteiger partial charge in [-0.1, -0.05) is 140 Å². The molecule has 0 spiro atoms. The van der Waals surface area contributed by atoms with Gasteiger partial charge < -0.3 is 30.5 Å². The van der Waals surface area contributed by atoms with Crippen LogP contribution >= 0.6 is 0 Å². The van der Waals surface area contributed by atoms with Crippen LogP contribution in [0.2, 0.25) is 0 Å². The van der Waals surface area contributed by atoms with Crippen LogP contribution in [0.4, 0.5) is 4.79 Å². The van der Waals surface area contributed by atoms with E-state index in [1.165, 1.54) is 0 Å². The lowest BCUT2D eigenvalue weighted by atomic mass is 9.77. The molecule has 3 amide bonds. The topological polar surface area (TPSA) is 143 Å². The number of rotatable bonds is 14. The van der Waals surface area contributed by atoms with Gasteiger partial charge in [-0.05, 0) is 59.7 Å². The van der Waals surface area contributed by atoms with Crippen LogP contribution in [0.1, 0.15) is 60.9 Å². The van der Waals surface area contributed by atoms with Gasteiger partial charge in [-0.25, -0.2) is 9.59 Å². The summed E-state index contributed by atoms with van der Waals surface area (Å²) in [4.78, 5) is 53.7. The van der Waals surface area contributed by atoms with Gasteiger partial charge in [-0.15, -0.1) is 0 Å². The van der Waals surface area contributed by atoms with Crippen LogP contribution in [0, 0.1) is 0 Å². The molecule has 1 aliphatic carbocycles. The van der Waals surface area contributed by atoms with E-state index in [2.05, 4.69) is 16.0 Å². The second-order valence-corrected chi connectivity index (χ2v) is 14.4. The van der Waals surface area contributed by atoms with Crippen LogP contribution in [-0.4, -0.2) is 59.9 Å². The van der Waals surface area contributed by atoms with E-state index < -0.39 is 53.5 Å². The van der Waals surface area contributed by atoms with E-state index in [9.17, 15) is 24.3 Å². The quantitative estimate of drug-likeness (QED) is 0.0921. The number of benzene rings is 5. The zero-order chi connectivity index (χ0) is 39.0. The summed E-state index contributed by atoms with van der Waals surface area (Å²) in [5.74, 6) is -3.11. The van der Waals surface area contributed by atoms with E-state index in [1.807, 2.05) is 140 Å². The van der Waals surface area contributed by atoms with E-state index in [0.29, 0.717) is 0 Å². The Bertz CT molecular complexity index is 1980. The van der Waals surface area contributed by atoms with Gasteiger partial charge in [0.2, 0.25) is 11.8 Å². The third-order valence-electron chi connectivity index (χ3n) is 9.59. The Morgan fingerprint density at radius 1 is 0.636 bits per heavy atom. The fraction of sp³-hybridized carbons (Fsp3) is 0.244. The zero-order valence-corrected chi connectivity index (χ0v) is 31.0. The Morgan fingerprint density at radius 3 is 1.55 bits per heavy atom. The molecule has 282 valence electrons. The van der Waals surface area contributed by atoms with Crippen molar-refractivity contribution in [1.82, 2.24) is 16.0 Å². The van der Waals surface area contributed by atoms with Crippen molar-refractivity contribution in [3.05, 3.63) is 167 Å². The van der Waals surface area contributed by atoms with Crippen molar-refractivity contribution in [2.75, 3.05) is 13.2 Å². The smallest absolute Gasteiger partial charge is 0.407 e. The van der Waals surface area contributed by atoms with Crippen LogP contribution in [0.15, 0.2) is 140 Å². The van der Waals surface area contributed by atoms with Gasteiger partial charge in [-0.2, -0.15) is 0 Å². The Morgan fingerprint density at radius 2 is 1.09 bits per heavy atom. The van der Waals surface area contributed by atoms with Crippen molar-refractivity contribution in [3.63, 3.8) is 0 Å². The first-order valence-corrected chi connectivity index (χ1v) is 18.2. The first-order chi connectivity index (χ1) is 26.5. The van der Waals surface area contributed by atoms with Crippen molar-refractivity contribution in [1.29, 1.82) is 0 Å². The van der Waals surface area contributed by atoms with E-state index in [-0.39, 0.29) is 19.1 Å². The Kier molecular flexibility index (Phi) is 11.8. The van der Waals surface area contributed by atoms with Gasteiger partial charge in [0.1, 0.15) is 24.2 Å². The highest BCUT2D eigenvalue weighted by molar-refractivity contribution is 5.92. The summed E-state index contributed by atoms with van der Waals surface area (Å²) in [6, 6.07) is 41.1. The number of hydrogen-bond acceptors (Lipinski definition) is 6. The minimum absolute atomic E-state index is 0.0121. The average molecular weight is 740 g/mol. The van der Waals surface area contributed by atoms with E-state index in [0.717, 1.165) is 38.9 Å². The first-order valence-electron chi connectivity index (χ1n) is 18.2. The molecular weight excluding hydrogens is 695 g/mol. The molecule has 4 N–H and O–H groups in total. The lowest BCUT2D eigenvalue weighted by Gasteiger charge is -2.37. The predicted molar refractivity (Wildman–Crippen MR) is 209 cm³/mol. The summed E-state index contributed by atoms with van der Waals surface area (Å²) in [6.07, 6.45) is -1.48. The maximum absolute atomic E-state index is 14.0. The minimum atomic E-state index is -1.64. The summed E-state index contributed by atoms with van der Waals surface area (Å²) in [5.41, 5.74) is 4.57. The maximum atomic E-state index is 14.0. The molecule has 0 heterocycles. The van der Waals surface area contributed by atoms with Crippen LogP contribution < -0.4 is 16.0 Å². The van der Waals surface area contributed by atoms with E-state index in [1.54, 1.807) is 20.8 Å². The molecule has 0 fully saturated rings. The fourth-order valence-corrected chi connectivity index (χ4v) is 7.00. The molecule has 2 atom stereocenters. The summed E-state index contributed by atoms with van der Waals surface area (Å²) >= 11 is 0. The minimum Gasteiger partial charge on any atom is -0.480 e. The highest BCUT2D eigenvalue weighted by Crippen LogP contribution is 2.44. The summed E-state index contributed by atoms with van der Waals surface area (Å²) in [7, 11) is 0. The van der Waals surface area contributed by atoms with Gasteiger partial charge in [0.25, 0.3) is 0 Å². The first kappa shape index (κ1) is 38.5. The van der Waals surface area contributed by atoms with Crippen molar-refractivity contribution in [3.8, 4) is 11.1 Å². The van der Waals surface area contributed by atoms with E-state index >= 15 is 0 Å². The second kappa shape index (κ2) is 16.8. The third-order valence-corrected chi connectivity index (χ3v) is 9.59. The number of fused-ring (bicyclic) bond motifs is 3. The van der Waals surface area contributed by atoms with Gasteiger partial charge >= 0.3 is 12.1 Å². The summed E-state index contributed by atoms with van der Waals surface area (Å²) in [5, 5.41) is 18.4. The highest BCUT2D eigenvalue weighted by atomic mass is 16.5. The van der Waals surface area contributed by atoms with Crippen LogP contribution in [0.5, 0.6) is 0 Å². The third kappa shape index (κ3) is 8.93. The van der Waals surface area contributed by atoms with E-state index in [4.69, 9.17) is 9.47 Å². The van der Waals surface area contributed by atoms with Crippen LogP contribution in [0.3, 0.4) is 0 Å². The number of carboxylic acid groups (broad SMARTS) is 1. The number of aliphatic carboxylic acids is 1. The van der Waals surface area contributed by atoms with Gasteiger partial charge in [-0.3, -0.25) is 9.59 Å². The average Bonchev–Trinajstić information content (AvgIpc) is 3.51. The van der Waals surface area contributed by atoms with Crippen LogP contribution in [-0.2, 0) is 29.4 Å². The Hall–Kier alpha value is -6.26. The molecule has 10 nitrogen and oxygen atoms in total. The SMILES string of the molecule is CC(C)(C)OC[C@H](NC(=O)OCC1c2ccccc2-c2ccccc21)C(=O)N[C@@H](CC(=O)NC(c1ccccc1)(c1ccccc1)c1ccccc1)C(=O)O. The van der Waals surface area contributed by atoms with Crippen molar-refractivity contribution < 1.29 is 33.8 Å². The number of hydrogen-bond donors (Lipinski definition) is 4. The number of amides is 3. The monoisotopic (exact) mass is 739 g/mol. The zero-order valence-electron chi connectivity index (χ0n) is 31.0. The molecule has 10 heteroatoms. The number of carboxylic acids is 1. The summed E-state index contributed by atoms with van der Waals surface area (Å²) in [6.45, 7) is 5.10. The van der Waals surface area contributed by atoms with Gasteiger partial charge in [0.15, 0.2) is 0 Å². The second-order valence-electron chi connectivity index (χ2n) is 14.4. The molecule has 0 saturated carbocycles. The van der Waals surface area contributed by atoms with Crippen molar-refractivity contribution >= 4 is 23.9 Å². The number of alkyl carbamates (subject to hydrolysis) is 1. The molecule has 0 aromatic heterocycles. The highest BCUT2D eigenvalue weighted by Gasteiger charge is 2.39. The Balaban J connectivity index is 1.19. The van der Waals surface area contributed by atoms with Gasteiger partial charge in [0, 0.05) is 5.92 Å². The molecule has 6 rings (SSSR count). The number of carbonyl (C=O) groups excluding carboxylic acids is 3. The molecule has 1 aliphatic rings. The normalized spacial score (nSPS) is 13.4. The Labute approximate surface area is 320 Å². The predicted octanol–water partition coefficient (Wildman–Crippen LogP) is 6.78. The fourth-order valence-electron chi connectivity index (χ4n) is 7.00. The largest absolute Gasteiger partial charge is 0.480 e. The number of nitrogens with one attached hydrogen (secondary N) is 3. The lowest BCUT2D eigenvalue weighted by Crippen LogP contribution is -2.56. The number of ether oxygens (including phenoxy) is 2. The maximum Gasteiger partial charge on any atom is 0.407 e. The summed E-state index contributed by atoms with van der Waals surface area (Å²) < 4.78 is 11.5. The molecule has 0 radical (unpaired) electrons. The molecule has 5 aromatic rings. The van der Waals surface area contributed by atoms with Crippen LogP contribution in [0.25, 0.3) is 11.1 Å². The number of carbonyl (C=O) groups is 4. The van der Waals surface area contributed by atoms with Crippen molar-refractivity contribution in [2.45, 2.75) is 56.3 Å². The molecule has 0 aliphatic heterocycles. The molecule has 5 aromatic carbocycles. The standard InChI is InChI=1S/C45H45N3O7/c1-44(2,3)55-29-39(47-43(53)54-28-37-35-25-15-13-23-33(35)34-24-14-16-26-36(34)37)41(50)46-38(42(51)52)27-40(49)48-45(30-17-7-4-8-18-30,31-19-9-5-10-20-31)32-21-11-6-12-22-32/h4-26,37-39H,27-29H2,1-3H3,(H,46,50)(H,47,53)(H,48,49)(H,51,52)/t38-,39-/m0/s1. The van der Waals surface area contributed by atoms with Gasteiger partial charge in [0.05, 0.1) is 18.6 Å². The molecule has 55 heavy (non-hydrogen) atoms. The lowest BCUT2D eigenvalue weighted by molar-refractivity contribution is -0.144. The molecule has 0 saturated heterocycles.